The third-order valence-electron chi connectivity index (χ3n) is 6.31. The van der Waals surface area contributed by atoms with Gasteiger partial charge in [-0.2, -0.15) is 9.72 Å². The maximum Gasteiger partial charge on any atom is 0.459 e. The lowest BCUT2D eigenvalue weighted by Gasteiger charge is -2.35. The van der Waals surface area contributed by atoms with Crippen LogP contribution in [0.15, 0.2) is 45.7 Å². The molecule has 9 heteroatoms. The number of nitrogens with zero attached hydrogens (tertiary/aromatic N) is 2. The molecule has 2 amide bonds. The van der Waals surface area contributed by atoms with Crippen molar-refractivity contribution in [2.24, 2.45) is 12.8 Å². The Bertz CT molecular complexity index is 1170. The van der Waals surface area contributed by atoms with E-state index in [1.54, 1.807) is 7.05 Å². The van der Waals surface area contributed by atoms with Crippen molar-refractivity contribution >= 4 is 12.8 Å². The molecule has 1 aliphatic carbocycles. The first-order valence-corrected chi connectivity index (χ1v) is 10.9. The van der Waals surface area contributed by atoms with E-state index < -0.39 is 11.2 Å². The molecule has 2 aromatic carbocycles. The van der Waals surface area contributed by atoms with Crippen molar-refractivity contribution < 1.29 is 14.1 Å². The zero-order chi connectivity index (χ0) is 23.4. The van der Waals surface area contributed by atoms with Gasteiger partial charge in [-0.15, -0.1) is 0 Å². The zero-order valence-corrected chi connectivity index (χ0v) is 18.5. The number of aromatic nitrogens is 2. The molecule has 33 heavy (non-hydrogen) atoms. The van der Waals surface area contributed by atoms with Gasteiger partial charge in [0.2, 0.25) is 12.8 Å². The molecule has 172 valence electrons. The number of fused-ring (bicyclic) bond motifs is 2. The maximum atomic E-state index is 12.1. The summed E-state index contributed by atoms with van der Waals surface area (Å²) >= 11 is 0. The van der Waals surface area contributed by atoms with E-state index in [-0.39, 0.29) is 0 Å². The van der Waals surface area contributed by atoms with Crippen molar-refractivity contribution in [3.63, 3.8) is 0 Å². The van der Waals surface area contributed by atoms with E-state index in [0.717, 1.165) is 46.2 Å². The predicted octanol–water partition coefficient (Wildman–Crippen LogP) is 0.647. The molecule has 0 atom stereocenters. The molecule has 1 aromatic heterocycles. The second-order valence-corrected chi connectivity index (χ2v) is 8.21. The van der Waals surface area contributed by atoms with Gasteiger partial charge >= 0.3 is 5.76 Å². The summed E-state index contributed by atoms with van der Waals surface area (Å²) in [5, 5.41) is 5.42. The van der Waals surface area contributed by atoms with E-state index >= 15 is 0 Å². The van der Waals surface area contributed by atoms with Crippen LogP contribution in [-0.4, -0.2) is 29.1 Å². The van der Waals surface area contributed by atoms with E-state index in [9.17, 15) is 14.4 Å². The number of nitrogens with two attached hydrogens (primary N) is 1. The average molecular weight is 450 g/mol. The molecular formula is C24H27N5O4. The van der Waals surface area contributed by atoms with Crippen molar-refractivity contribution in [1.82, 2.24) is 20.4 Å². The van der Waals surface area contributed by atoms with Crippen LogP contribution >= 0.6 is 0 Å². The number of benzene rings is 2. The fourth-order valence-corrected chi connectivity index (χ4v) is 5.03. The quantitative estimate of drug-likeness (QED) is 0.411. The number of hydrogen-bond acceptors (Lipinski definition) is 6. The van der Waals surface area contributed by atoms with Crippen LogP contribution in [0.2, 0.25) is 0 Å². The van der Waals surface area contributed by atoms with Crippen molar-refractivity contribution in [3.05, 3.63) is 86.2 Å². The first-order chi connectivity index (χ1) is 16.0. The Morgan fingerprint density at radius 3 is 2.00 bits per heavy atom. The molecule has 1 aliphatic rings. The van der Waals surface area contributed by atoms with Gasteiger partial charge in [-0.3, -0.25) is 9.59 Å². The summed E-state index contributed by atoms with van der Waals surface area (Å²) in [6, 6.07) is 12.2. The largest absolute Gasteiger partial charge is 0.459 e. The molecule has 0 fully saturated rings. The van der Waals surface area contributed by atoms with Gasteiger partial charge in [-0.25, -0.2) is 4.79 Å². The van der Waals surface area contributed by atoms with Crippen LogP contribution in [0.3, 0.4) is 0 Å². The maximum absolute atomic E-state index is 12.1. The highest BCUT2D eigenvalue weighted by molar-refractivity contribution is 5.56. The Hall–Kier alpha value is -3.72. The zero-order valence-electron chi connectivity index (χ0n) is 18.5. The second-order valence-electron chi connectivity index (χ2n) is 8.21. The fourth-order valence-electron chi connectivity index (χ4n) is 5.03. The van der Waals surface area contributed by atoms with Crippen molar-refractivity contribution in [1.29, 1.82) is 0 Å². The number of nitrogens with one attached hydrogen (secondary N) is 2. The highest BCUT2D eigenvalue weighted by atomic mass is 16.5. The van der Waals surface area contributed by atoms with E-state index in [0.29, 0.717) is 44.7 Å². The van der Waals surface area contributed by atoms with Crippen LogP contribution in [0.4, 0.5) is 0 Å². The van der Waals surface area contributed by atoms with Crippen LogP contribution in [0.25, 0.3) is 0 Å². The van der Waals surface area contributed by atoms with Crippen molar-refractivity contribution in [3.8, 4) is 0 Å². The molecule has 0 unspecified atom stereocenters. The number of carbonyl (C=O) groups is 2. The molecule has 0 spiro atoms. The number of aryl methyl sites for hydroxylation is 3. The Morgan fingerprint density at radius 2 is 1.58 bits per heavy atom. The molecule has 4 N–H and O–H groups in total. The van der Waals surface area contributed by atoms with Gasteiger partial charge in [0, 0.05) is 20.1 Å². The van der Waals surface area contributed by atoms with Gasteiger partial charge in [-0.1, -0.05) is 36.4 Å². The SMILES string of the molecule is Cn1oc(=O)nc1C1(CCN)c2ccc(CNC=O)cc2CCc2cc(CNC=O)ccc21. The van der Waals surface area contributed by atoms with E-state index in [1.165, 1.54) is 4.74 Å². The lowest BCUT2D eigenvalue weighted by atomic mass is 9.69. The highest BCUT2D eigenvalue weighted by Crippen LogP contribution is 2.46. The van der Waals surface area contributed by atoms with Crippen LogP contribution in [0.5, 0.6) is 0 Å². The summed E-state index contributed by atoms with van der Waals surface area (Å²) in [4.78, 5) is 38.0. The van der Waals surface area contributed by atoms with E-state index in [2.05, 4.69) is 27.8 Å². The van der Waals surface area contributed by atoms with Crippen LogP contribution < -0.4 is 22.1 Å². The van der Waals surface area contributed by atoms with Gasteiger partial charge in [0.1, 0.15) is 0 Å². The van der Waals surface area contributed by atoms with Gasteiger partial charge in [-0.05, 0) is 59.2 Å². The smallest absolute Gasteiger partial charge is 0.355 e. The predicted molar refractivity (Wildman–Crippen MR) is 121 cm³/mol. The summed E-state index contributed by atoms with van der Waals surface area (Å²) in [5.41, 5.74) is 11.6. The number of rotatable bonds is 9. The summed E-state index contributed by atoms with van der Waals surface area (Å²) in [6.45, 7) is 1.22. The summed E-state index contributed by atoms with van der Waals surface area (Å²) < 4.78 is 6.71. The summed E-state index contributed by atoms with van der Waals surface area (Å²) in [5.74, 6) is -0.158. The van der Waals surface area contributed by atoms with Crippen LogP contribution in [-0.2, 0) is 48.0 Å². The summed E-state index contributed by atoms with van der Waals surface area (Å²) in [7, 11) is 1.68. The highest BCUT2D eigenvalue weighted by Gasteiger charge is 2.44. The minimum atomic E-state index is -0.788. The van der Waals surface area contributed by atoms with Crippen LogP contribution in [0, 0.1) is 0 Å². The first-order valence-electron chi connectivity index (χ1n) is 10.9. The molecule has 3 aromatic rings. The lowest BCUT2D eigenvalue weighted by molar-refractivity contribution is -0.110. The van der Waals surface area contributed by atoms with Gasteiger partial charge in [0.25, 0.3) is 0 Å². The monoisotopic (exact) mass is 449 g/mol. The van der Waals surface area contributed by atoms with E-state index in [1.807, 2.05) is 24.3 Å². The molecule has 0 aliphatic heterocycles. The minimum absolute atomic E-state index is 0.364. The first kappa shape index (κ1) is 22.5. The Morgan fingerprint density at radius 1 is 1.03 bits per heavy atom. The topological polar surface area (TPSA) is 132 Å². The molecule has 0 radical (unpaired) electrons. The third kappa shape index (κ3) is 4.07. The number of amides is 2. The average Bonchev–Trinajstić information content (AvgIpc) is 3.10. The molecular weight excluding hydrogens is 422 g/mol. The number of carbonyl (C=O) groups excluding carboxylic acids is 2. The Labute approximate surface area is 191 Å². The minimum Gasteiger partial charge on any atom is -0.355 e. The van der Waals surface area contributed by atoms with Crippen molar-refractivity contribution in [2.45, 2.75) is 37.8 Å². The molecule has 0 bridgehead atoms. The van der Waals surface area contributed by atoms with E-state index in [4.69, 9.17) is 10.3 Å². The Kier molecular flexibility index (Phi) is 6.41. The standard InChI is InChI=1S/C24H27N5O4/c1-29-22(28-23(32)33-29)24(8-9-25)20-6-2-16(12-26-14-30)10-18(20)4-5-19-11-17(13-27-15-31)3-7-21(19)24/h2-3,6-7,10-11,14-15H,4-5,8-9,12-13,25H2,1H3,(H,26,30)(H,27,31). The van der Waals surface area contributed by atoms with Gasteiger partial charge in [0.05, 0.1) is 5.41 Å². The normalized spacial score (nSPS) is 14.0. The van der Waals surface area contributed by atoms with Gasteiger partial charge in [0.15, 0.2) is 5.82 Å². The molecule has 0 saturated heterocycles. The molecule has 0 saturated carbocycles. The molecule has 4 rings (SSSR count). The van der Waals surface area contributed by atoms with Gasteiger partial charge < -0.3 is 20.9 Å². The fraction of sp³-hybridized carbons (Fsp3) is 0.333. The third-order valence-corrected chi connectivity index (χ3v) is 6.31. The molecule has 1 heterocycles. The molecule has 9 nitrogen and oxygen atoms in total. The second kappa shape index (κ2) is 9.41. The lowest BCUT2D eigenvalue weighted by Crippen LogP contribution is -2.36. The van der Waals surface area contributed by atoms with Crippen molar-refractivity contribution in [2.75, 3.05) is 6.54 Å². The summed E-state index contributed by atoms with van der Waals surface area (Å²) in [6.07, 6.45) is 3.41. The number of hydrogen-bond donors (Lipinski definition) is 3. The van der Waals surface area contributed by atoms with Crippen LogP contribution in [0.1, 0.15) is 45.6 Å². The Balaban J connectivity index is 1.98.